The zero-order valence-corrected chi connectivity index (χ0v) is 16.3. The van der Waals surface area contributed by atoms with Gasteiger partial charge in [-0.2, -0.15) is 0 Å². The van der Waals surface area contributed by atoms with Gasteiger partial charge in [0.2, 0.25) is 0 Å². The molecule has 0 aromatic heterocycles. The Labute approximate surface area is 149 Å². The molecule has 0 aromatic carbocycles. The molecule has 0 atom stereocenters. The summed E-state index contributed by atoms with van der Waals surface area (Å²) < 4.78 is 16.1. The molecule has 0 aliphatic carbocycles. The molecular formula is C20H40O4. The van der Waals surface area contributed by atoms with Crippen LogP contribution in [0.3, 0.4) is 0 Å². The molecule has 0 aliphatic rings. The van der Waals surface area contributed by atoms with Crippen LogP contribution < -0.4 is 0 Å². The van der Waals surface area contributed by atoms with Gasteiger partial charge in [-0.05, 0) is 25.2 Å². The number of carbonyl (C=O) groups is 1. The molecule has 0 radical (unpaired) electrons. The minimum atomic E-state index is -0.0993. The van der Waals surface area contributed by atoms with Gasteiger partial charge in [-0.1, -0.05) is 59.3 Å². The van der Waals surface area contributed by atoms with E-state index in [1.54, 1.807) is 0 Å². The Morgan fingerprint density at radius 2 is 1.38 bits per heavy atom. The SMILES string of the molecule is CCCCCCCCCOC(=O)CCCOCCOCCC(C)C. The molecule has 0 saturated heterocycles. The van der Waals surface area contributed by atoms with Gasteiger partial charge in [0.15, 0.2) is 0 Å². The third kappa shape index (κ3) is 19.4. The average Bonchev–Trinajstić information content (AvgIpc) is 2.55. The molecular weight excluding hydrogens is 304 g/mol. The van der Waals surface area contributed by atoms with Crippen LogP contribution in [0, 0.1) is 5.92 Å². The molecule has 0 aliphatic heterocycles. The molecule has 0 amide bonds. The van der Waals surface area contributed by atoms with E-state index in [2.05, 4.69) is 20.8 Å². The lowest BCUT2D eigenvalue weighted by Crippen LogP contribution is -2.10. The lowest BCUT2D eigenvalue weighted by atomic mass is 10.1. The first-order chi connectivity index (χ1) is 11.7. The summed E-state index contributed by atoms with van der Waals surface area (Å²) in [6.45, 7) is 9.80. The Kier molecular flexibility index (Phi) is 18.2. The molecule has 144 valence electrons. The molecule has 4 heteroatoms. The summed E-state index contributed by atoms with van der Waals surface area (Å²) in [6.07, 6.45) is 10.9. The highest BCUT2D eigenvalue weighted by molar-refractivity contribution is 5.69. The van der Waals surface area contributed by atoms with Crippen molar-refractivity contribution in [1.82, 2.24) is 0 Å². The monoisotopic (exact) mass is 344 g/mol. The number of ether oxygens (including phenoxy) is 3. The van der Waals surface area contributed by atoms with E-state index in [0.717, 1.165) is 32.3 Å². The first-order valence-electron chi connectivity index (χ1n) is 9.98. The van der Waals surface area contributed by atoms with Gasteiger partial charge in [-0.25, -0.2) is 0 Å². The maximum Gasteiger partial charge on any atom is 0.305 e. The summed E-state index contributed by atoms with van der Waals surface area (Å²) in [5.74, 6) is 0.579. The first kappa shape index (κ1) is 23.4. The van der Waals surface area contributed by atoms with Gasteiger partial charge in [0.1, 0.15) is 0 Å². The van der Waals surface area contributed by atoms with E-state index in [1.807, 2.05) is 0 Å². The minimum Gasteiger partial charge on any atom is -0.466 e. The summed E-state index contributed by atoms with van der Waals surface area (Å²) in [5, 5.41) is 0. The van der Waals surface area contributed by atoms with E-state index >= 15 is 0 Å². The van der Waals surface area contributed by atoms with Gasteiger partial charge in [-0.15, -0.1) is 0 Å². The lowest BCUT2D eigenvalue weighted by molar-refractivity contribution is -0.144. The van der Waals surface area contributed by atoms with Crippen LogP contribution in [0.2, 0.25) is 0 Å². The van der Waals surface area contributed by atoms with Crippen LogP contribution in [-0.2, 0) is 19.0 Å². The van der Waals surface area contributed by atoms with E-state index in [9.17, 15) is 4.79 Å². The normalized spacial score (nSPS) is 11.2. The maximum atomic E-state index is 11.6. The first-order valence-corrected chi connectivity index (χ1v) is 9.98. The van der Waals surface area contributed by atoms with Crippen LogP contribution in [-0.4, -0.2) is 39.0 Å². The molecule has 4 nitrogen and oxygen atoms in total. The molecule has 0 rings (SSSR count). The third-order valence-electron chi connectivity index (χ3n) is 3.89. The van der Waals surface area contributed by atoms with Gasteiger partial charge >= 0.3 is 5.97 Å². The molecule has 0 N–H and O–H groups in total. The summed E-state index contributed by atoms with van der Waals surface area (Å²) in [4.78, 5) is 11.6. The van der Waals surface area contributed by atoms with E-state index in [1.165, 1.54) is 32.1 Å². The molecule has 0 unspecified atom stereocenters. The van der Waals surface area contributed by atoms with Crippen molar-refractivity contribution < 1.29 is 19.0 Å². The van der Waals surface area contributed by atoms with Crippen molar-refractivity contribution in [2.75, 3.05) is 33.0 Å². The summed E-state index contributed by atoms with van der Waals surface area (Å²) in [7, 11) is 0. The van der Waals surface area contributed by atoms with Crippen molar-refractivity contribution in [1.29, 1.82) is 0 Å². The smallest absolute Gasteiger partial charge is 0.305 e. The Hall–Kier alpha value is -0.610. The number of rotatable bonds is 18. The van der Waals surface area contributed by atoms with Crippen molar-refractivity contribution in [2.45, 2.75) is 85.0 Å². The topological polar surface area (TPSA) is 44.8 Å². The van der Waals surface area contributed by atoms with Crippen LogP contribution in [0.25, 0.3) is 0 Å². The van der Waals surface area contributed by atoms with Crippen molar-refractivity contribution in [3.63, 3.8) is 0 Å². The molecule has 0 spiro atoms. The predicted octanol–water partition coefficient (Wildman–Crippen LogP) is 5.14. The van der Waals surface area contributed by atoms with E-state index in [0.29, 0.717) is 38.8 Å². The second-order valence-corrected chi connectivity index (χ2v) is 6.85. The number of unbranched alkanes of at least 4 members (excludes halogenated alkanes) is 6. The van der Waals surface area contributed by atoms with E-state index in [-0.39, 0.29) is 5.97 Å². The van der Waals surface area contributed by atoms with Gasteiger partial charge in [0, 0.05) is 19.6 Å². The van der Waals surface area contributed by atoms with Gasteiger partial charge < -0.3 is 14.2 Å². The second-order valence-electron chi connectivity index (χ2n) is 6.85. The van der Waals surface area contributed by atoms with Crippen LogP contribution >= 0.6 is 0 Å². The van der Waals surface area contributed by atoms with E-state index < -0.39 is 0 Å². The quantitative estimate of drug-likeness (QED) is 0.255. The fourth-order valence-corrected chi connectivity index (χ4v) is 2.28. The standard InChI is InChI=1S/C20H40O4/c1-4-5-6-7-8-9-10-15-24-20(21)12-11-14-22-17-18-23-16-13-19(2)3/h19H,4-18H2,1-3H3. The molecule has 24 heavy (non-hydrogen) atoms. The van der Waals surface area contributed by atoms with Crippen LogP contribution in [0.4, 0.5) is 0 Å². The number of carbonyl (C=O) groups excluding carboxylic acids is 1. The zero-order chi connectivity index (χ0) is 17.9. The highest BCUT2D eigenvalue weighted by Crippen LogP contribution is 2.07. The molecule has 0 fully saturated rings. The molecule has 0 heterocycles. The average molecular weight is 345 g/mol. The minimum absolute atomic E-state index is 0.0993. The zero-order valence-electron chi connectivity index (χ0n) is 16.3. The van der Waals surface area contributed by atoms with Crippen molar-refractivity contribution in [3.05, 3.63) is 0 Å². The van der Waals surface area contributed by atoms with Crippen LogP contribution in [0.15, 0.2) is 0 Å². The Morgan fingerprint density at radius 1 is 0.750 bits per heavy atom. The van der Waals surface area contributed by atoms with Crippen molar-refractivity contribution in [2.24, 2.45) is 5.92 Å². The van der Waals surface area contributed by atoms with Crippen molar-refractivity contribution >= 4 is 5.97 Å². The molecule has 0 saturated carbocycles. The van der Waals surface area contributed by atoms with Gasteiger partial charge in [0.25, 0.3) is 0 Å². The molecule has 0 bridgehead atoms. The fraction of sp³-hybridized carbons (Fsp3) is 0.950. The largest absolute Gasteiger partial charge is 0.466 e. The predicted molar refractivity (Wildman–Crippen MR) is 99.3 cm³/mol. The number of esters is 1. The van der Waals surface area contributed by atoms with Gasteiger partial charge in [-0.3, -0.25) is 4.79 Å². The Bertz CT molecular complexity index is 266. The Morgan fingerprint density at radius 3 is 2.04 bits per heavy atom. The van der Waals surface area contributed by atoms with Gasteiger partial charge in [0.05, 0.1) is 19.8 Å². The van der Waals surface area contributed by atoms with Crippen LogP contribution in [0.5, 0.6) is 0 Å². The molecule has 0 aromatic rings. The fourth-order valence-electron chi connectivity index (χ4n) is 2.28. The summed E-state index contributed by atoms with van der Waals surface area (Å²) in [5.41, 5.74) is 0. The number of hydrogen-bond acceptors (Lipinski definition) is 4. The third-order valence-corrected chi connectivity index (χ3v) is 3.89. The van der Waals surface area contributed by atoms with Crippen LogP contribution in [0.1, 0.15) is 85.0 Å². The highest BCUT2D eigenvalue weighted by Gasteiger charge is 2.02. The number of hydrogen-bond donors (Lipinski definition) is 0. The summed E-state index contributed by atoms with van der Waals surface area (Å²) >= 11 is 0. The van der Waals surface area contributed by atoms with Crippen molar-refractivity contribution in [3.8, 4) is 0 Å². The lowest BCUT2D eigenvalue weighted by Gasteiger charge is -2.07. The second kappa shape index (κ2) is 18.7. The Balaban J connectivity index is 3.16. The summed E-state index contributed by atoms with van der Waals surface area (Å²) in [6, 6.07) is 0. The highest BCUT2D eigenvalue weighted by atomic mass is 16.5. The maximum absolute atomic E-state index is 11.6. The van der Waals surface area contributed by atoms with E-state index in [4.69, 9.17) is 14.2 Å².